The number of fused-ring (bicyclic) bond motifs is 1. The first-order valence-corrected chi connectivity index (χ1v) is 5.97. The summed E-state index contributed by atoms with van der Waals surface area (Å²) in [6.45, 7) is 4.43. The Morgan fingerprint density at radius 2 is 2.06 bits per heavy atom. The molecule has 2 heterocycles. The number of carbonyl (C=O) groups is 2. The van der Waals surface area contributed by atoms with Gasteiger partial charge in [-0.05, 0) is 6.42 Å². The van der Waals surface area contributed by atoms with Gasteiger partial charge in [-0.15, -0.1) is 0 Å². The number of carboxylic acids is 2. The van der Waals surface area contributed by atoms with E-state index in [1.807, 2.05) is 18.4 Å². The van der Waals surface area contributed by atoms with Crippen molar-refractivity contribution in [1.29, 1.82) is 0 Å². The van der Waals surface area contributed by atoms with Gasteiger partial charge in [0.25, 0.3) is 0 Å². The standard InChI is InChI=1S/C12H16N2O4/c1-6(2)10-13-9(12(17)18)8-5-7(11(15)16)3-4-14(8)10/h6-7H,3-5H2,1-2H3,(H,15,16)(H,17,18). The largest absolute Gasteiger partial charge is 0.481 e. The van der Waals surface area contributed by atoms with Gasteiger partial charge in [-0.25, -0.2) is 9.78 Å². The van der Waals surface area contributed by atoms with E-state index in [1.165, 1.54) is 0 Å². The first kappa shape index (κ1) is 12.6. The molecule has 1 aromatic rings. The first-order valence-electron chi connectivity index (χ1n) is 5.97. The van der Waals surface area contributed by atoms with Crippen LogP contribution in [0.5, 0.6) is 0 Å². The van der Waals surface area contributed by atoms with E-state index >= 15 is 0 Å². The van der Waals surface area contributed by atoms with Crippen molar-refractivity contribution in [3.8, 4) is 0 Å². The molecule has 0 amide bonds. The third kappa shape index (κ3) is 1.98. The van der Waals surface area contributed by atoms with Crippen LogP contribution >= 0.6 is 0 Å². The average molecular weight is 252 g/mol. The zero-order valence-corrected chi connectivity index (χ0v) is 10.4. The maximum atomic E-state index is 11.2. The van der Waals surface area contributed by atoms with Crippen molar-refractivity contribution in [1.82, 2.24) is 9.55 Å². The molecule has 98 valence electrons. The SMILES string of the molecule is CC(C)c1nc(C(=O)O)c2n1CCC(C(=O)O)C2. The van der Waals surface area contributed by atoms with Gasteiger partial charge in [-0.1, -0.05) is 13.8 Å². The summed E-state index contributed by atoms with van der Waals surface area (Å²) in [7, 11) is 0. The Bertz CT molecular complexity index is 504. The maximum absolute atomic E-state index is 11.2. The van der Waals surface area contributed by atoms with E-state index in [0.29, 0.717) is 18.7 Å². The van der Waals surface area contributed by atoms with Crippen LogP contribution in [0, 0.1) is 5.92 Å². The van der Waals surface area contributed by atoms with Crippen LogP contribution in [0.15, 0.2) is 0 Å². The predicted molar refractivity (Wildman–Crippen MR) is 62.7 cm³/mol. The zero-order valence-electron chi connectivity index (χ0n) is 10.4. The number of carboxylic acid groups (broad SMARTS) is 2. The van der Waals surface area contributed by atoms with Gasteiger partial charge in [-0.2, -0.15) is 0 Å². The quantitative estimate of drug-likeness (QED) is 0.847. The molecule has 1 aliphatic heterocycles. The molecule has 0 radical (unpaired) electrons. The molecule has 6 heteroatoms. The summed E-state index contributed by atoms with van der Waals surface area (Å²) >= 11 is 0. The highest BCUT2D eigenvalue weighted by Gasteiger charge is 2.31. The van der Waals surface area contributed by atoms with Gasteiger partial charge in [0.1, 0.15) is 5.82 Å². The van der Waals surface area contributed by atoms with Gasteiger partial charge >= 0.3 is 11.9 Å². The zero-order chi connectivity index (χ0) is 13.4. The van der Waals surface area contributed by atoms with E-state index in [9.17, 15) is 9.59 Å². The van der Waals surface area contributed by atoms with Gasteiger partial charge in [-0.3, -0.25) is 4.79 Å². The molecule has 0 aliphatic carbocycles. The van der Waals surface area contributed by atoms with Gasteiger partial charge in [0.2, 0.25) is 0 Å². The van der Waals surface area contributed by atoms with Gasteiger partial charge in [0, 0.05) is 18.9 Å². The Morgan fingerprint density at radius 3 is 2.56 bits per heavy atom. The van der Waals surface area contributed by atoms with Crippen LogP contribution in [0.3, 0.4) is 0 Å². The molecule has 2 rings (SSSR count). The number of rotatable bonds is 3. The fraction of sp³-hybridized carbons (Fsp3) is 0.583. The smallest absolute Gasteiger partial charge is 0.356 e. The highest BCUT2D eigenvalue weighted by molar-refractivity contribution is 5.87. The first-order chi connectivity index (χ1) is 8.41. The minimum atomic E-state index is -1.09. The van der Waals surface area contributed by atoms with Crippen LogP contribution in [0.4, 0.5) is 0 Å². The van der Waals surface area contributed by atoms with E-state index in [2.05, 4.69) is 4.98 Å². The summed E-state index contributed by atoms with van der Waals surface area (Å²) in [5.74, 6) is -1.61. The number of hydrogen-bond acceptors (Lipinski definition) is 3. The molecule has 1 unspecified atom stereocenters. The summed E-state index contributed by atoms with van der Waals surface area (Å²) in [6.07, 6.45) is 0.772. The normalized spacial score (nSPS) is 18.7. The lowest BCUT2D eigenvalue weighted by Gasteiger charge is -2.23. The topological polar surface area (TPSA) is 92.4 Å². The fourth-order valence-corrected chi connectivity index (χ4v) is 2.41. The minimum absolute atomic E-state index is 0.00431. The molecule has 0 fully saturated rings. The number of imidazole rings is 1. The van der Waals surface area contributed by atoms with Crippen LogP contribution in [-0.4, -0.2) is 31.7 Å². The van der Waals surface area contributed by atoms with Crippen molar-refractivity contribution in [3.05, 3.63) is 17.2 Å². The summed E-state index contributed by atoms with van der Waals surface area (Å²) < 4.78 is 1.87. The van der Waals surface area contributed by atoms with Crippen LogP contribution in [-0.2, 0) is 17.8 Å². The third-order valence-corrected chi connectivity index (χ3v) is 3.31. The lowest BCUT2D eigenvalue weighted by atomic mass is 9.95. The molecular formula is C12H16N2O4. The number of hydrogen-bond donors (Lipinski definition) is 2. The summed E-state index contributed by atoms with van der Waals surface area (Å²) in [4.78, 5) is 26.3. The molecule has 0 saturated heterocycles. The number of aromatic carboxylic acids is 1. The second-order valence-electron chi connectivity index (χ2n) is 4.90. The van der Waals surface area contributed by atoms with Crippen LogP contribution in [0.2, 0.25) is 0 Å². The van der Waals surface area contributed by atoms with Crippen LogP contribution in [0.1, 0.15) is 48.2 Å². The van der Waals surface area contributed by atoms with Crippen molar-refractivity contribution in [2.45, 2.75) is 39.2 Å². The van der Waals surface area contributed by atoms with Crippen LogP contribution in [0.25, 0.3) is 0 Å². The van der Waals surface area contributed by atoms with E-state index in [4.69, 9.17) is 10.2 Å². The molecular weight excluding hydrogens is 236 g/mol. The van der Waals surface area contributed by atoms with Gasteiger partial charge < -0.3 is 14.8 Å². The molecule has 1 atom stereocenters. The Kier molecular flexibility index (Phi) is 3.11. The average Bonchev–Trinajstić information content (AvgIpc) is 2.67. The van der Waals surface area contributed by atoms with E-state index in [1.54, 1.807) is 0 Å². The summed E-state index contributed by atoms with van der Waals surface area (Å²) in [6, 6.07) is 0. The molecule has 1 aromatic heterocycles. The highest BCUT2D eigenvalue weighted by Crippen LogP contribution is 2.28. The summed E-state index contributed by atoms with van der Waals surface area (Å²) in [5, 5.41) is 18.2. The maximum Gasteiger partial charge on any atom is 0.356 e. The minimum Gasteiger partial charge on any atom is -0.481 e. The molecule has 0 spiro atoms. The van der Waals surface area contributed by atoms with Crippen molar-refractivity contribution >= 4 is 11.9 Å². The Morgan fingerprint density at radius 1 is 1.39 bits per heavy atom. The number of aliphatic carboxylic acids is 1. The lowest BCUT2D eigenvalue weighted by molar-refractivity contribution is -0.142. The predicted octanol–water partition coefficient (Wildman–Crippen LogP) is 1.35. The monoisotopic (exact) mass is 252 g/mol. The Hall–Kier alpha value is -1.85. The molecule has 2 N–H and O–H groups in total. The Labute approximate surface area is 104 Å². The van der Waals surface area contributed by atoms with Crippen molar-refractivity contribution in [2.75, 3.05) is 0 Å². The molecule has 6 nitrogen and oxygen atoms in total. The number of nitrogens with zero attached hydrogens (tertiary/aromatic N) is 2. The van der Waals surface area contributed by atoms with E-state index in [0.717, 1.165) is 5.82 Å². The molecule has 0 aromatic carbocycles. The third-order valence-electron chi connectivity index (χ3n) is 3.31. The van der Waals surface area contributed by atoms with Crippen LogP contribution < -0.4 is 0 Å². The van der Waals surface area contributed by atoms with E-state index < -0.39 is 17.9 Å². The van der Waals surface area contributed by atoms with E-state index in [-0.39, 0.29) is 18.0 Å². The molecule has 1 aliphatic rings. The highest BCUT2D eigenvalue weighted by atomic mass is 16.4. The lowest BCUT2D eigenvalue weighted by Crippen LogP contribution is -2.27. The summed E-state index contributed by atoms with van der Waals surface area (Å²) in [5.41, 5.74) is 0.550. The molecule has 0 saturated carbocycles. The second kappa shape index (κ2) is 4.44. The van der Waals surface area contributed by atoms with Crippen molar-refractivity contribution in [3.63, 3.8) is 0 Å². The van der Waals surface area contributed by atoms with Gasteiger partial charge in [0.05, 0.1) is 11.6 Å². The van der Waals surface area contributed by atoms with Crippen molar-refractivity contribution < 1.29 is 19.8 Å². The molecule has 18 heavy (non-hydrogen) atoms. The fourth-order valence-electron chi connectivity index (χ4n) is 2.41. The number of aromatic nitrogens is 2. The van der Waals surface area contributed by atoms with Crippen molar-refractivity contribution in [2.24, 2.45) is 5.92 Å². The second-order valence-corrected chi connectivity index (χ2v) is 4.90. The van der Waals surface area contributed by atoms with Gasteiger partial charge in [0.15, 0.2) is 5.69 Å². The Balaban J connectivity index is 2.47. The molecule has 0 bridgehead atoms.